The zero-order chi connectivity index (χ0) is 12.1. The van der Waals surface area contributed by atoms with Gasteiger partial charge < -0.3 is 5.11 Å². The Kier molecular flexibility index (Phi) is 4.68. The van der Waals surface area contributed by atoms with E-state index in [-0.39, 0.29) is 5.57 Å². The number of carboxylic acids is 1. The van der Waals surface area contributed by atoms with E-state index >= 15 is 0 Å². The van der Waals surface area contributed by atoms with Gasteiger partial charge in [0.15, 0.2) is 0 Å². The van der Waals surface area contributed by atoms with Crippen LogP contribution in [0.3, 0.4) is 0 Å². The van der Waals surface area contributed by atoms with Gasteiger partial charge in [0.25, 0.3) is 0 Å². The van der Waals surface area contributed by atoms with Crippen molar-refractivity contribution < 1.29 is 14.3 Å². The van der Waals surface area contributed by atoms with Gasteiger partial charge in [0, 0.05) is 16.5 Å². The SMILES string of the molecule is CC/C(=C\c1ccc(CBr)cc1F)C(=O)O. The van der Waals surface area contributed by atoms with Crippen molar-refractivity contribution in [2.24, 2.45) is 0 Å². The van der Waals surface area contributed by atoms with Crippen molar-refractivity contribution in [3.8, 4) is 0 Å². The molecule has 0 aliphatic rings. The summed E-state index contributed by atoms with van der Waals surface area (Å²) in [5.74, 6) is -1.41. The number of benzene rings is 1. The molecule has 0 aliphatic carbocycles. The van der Waals surface area contributed by atoms with E-state index < -0.39 is 11.8 Å². The van der Waals surface area contributed by atoms with Crippen molar-refractivity contribution in [3.63, 3.8) is 0 Å². The second-order valence-corrected chi connectivity index (χ2v) is 3.88. The van der Waals surface area contributed by atoms with Crippen LogP contribution in [0, 0.1) is 5.82 Å². The van der Waals surface area contributed by atoms with E-state index in [9.17, 15) is 9.18 Å². The first kappa shape index (κ1) is 12.9. The molecule has 0 bridgehead atoms. The minimum atomic E-state index is -1.01. The summed E-state index contributed by atoms with van der Waals surface area (Å²) in [6.45, 7) is 1.73. The molecule has 0 spiro atoms. The molecular formula is C12H12BrFO2. The Morgan fingerprint density at radius 1 is 1.56 bits per heavy atom. The first-order valence-corrected chi connectivity index (χ1v) is 5.99. The third-order valence-electron chi connectivity index (χ3n) is 2.20. The summed E-state index contributed by atoms with van der Waals surface area (Å²) in [4.78, 5) is 10.8. The number of hydrogen-bond donors (Lipinski definition) is 1. The fourth-order valence-corrected chi connectivity index (χ4v) is 1.62. The van der Waals surface area contributed by atoms with Gasteiger partial charge in [-0.25, -0.2) is 9.18 Å². The van der Waals surface area contributed by atoms with Gasteiger partial charge in [0.05, 0.1) is 0 Å². The average Bonchev–Trinajstić information content (AvgIpc) is 2.26. The van der Waals surface area contributed by atoms with E-state index in [1.807, 2.05) is 0 Å². The van der Waals surface area contributed by atoms with Crippen molar-refractivity contribution in [2.45, 2.75) is 18.7 Å². The van der Waals surface area contributed by atoms with Crippen LogP contribution in [0.15, 0.2) is 23.8 Å². The predicted molar refractivity (Wildman–Crippen MR) is 64.9 cm³/mol. The van der Waals surface area contributed by atoms with Crippen LogP contribution in [0.25, 0.3) is 6.08 Å². The molecule has 1 N–H and O–H groups in total. The van der Waals surface area contributed by atoms with Crippen molar-refractivity contribution >= 4 is 28.0 Å². The Hall–Kier alpha value is -1.16. The van der Waals surface area contributed by atoms with Crippen LogP contribution in [-0.4, -0.2) is 11.1 Å². The Labute approximate surface area is 102 Å². The third kappa shape index (κ3) is 3.17. The average molecular weight is 287 g/mol. The quantitative estimate of drug-likeness (QED) is 0.678. The summed E-state index contributed by atoms with van der Waals surface area (Å²) in [7, 11) is 0. The number of aliphatic carboxylic acids is 1. The van der Waals surface area contributed by atoms with Crippen LogP contribution < -0.4 is 0 Å². The molecule has 4 heteroatoms. The van der Waals surface area contributed by atoms with Crippen LogP contribution in [0.4, 0.5) is 4.39 Å². The molecule has 0 radical (unpaired) electrons. The summed E-state index contributed by atoms with van der Waals surface area (Å²) in [6.07, 6.45) is 1.74. The van der Waals surface area contributed by atoms with Crippen LogP contribution in [0.5, 0.6) is 0 Å². The zero-order valence-electron chi connectivity index (χ0n) is 8.84. The zero-order valence-corrected chi connectivity index (χ0v) is 10.4. The minimum Gasteiger partial charge on any atom is -0.478 e. The molecule has 0 aliphatic heterocycles. The summed E-state index contributed by atoms with van der Waals surface area (Å²) in [6, 6.07) is 4.75. The van der Waals surface area contributed by atoms with Gasteiger partial charge >= 0.3 is 5.97 Å². The topological polar surface area (TPSA) is 37.3 Å². The summed E-state index contributed by atoms with van der Waals surface area (Å²) >= 11 is 3.23. The molecule has 1 rings (SSSR count). The lowest BCUT2D eigenvalue weighted by molar-refractivity contribution is -0.132. The Balaban J connectivity index is 3.10. The number of hydrogen-bond acceptors (Lipinski definition) is 1. The lowest BCUT2D eigenvalue weighted by atomic mass is 10.1. The summed E-state index contributed by atoms with van der Waals surface area (Å²) in [5.41, 5.74) is 1.33. The Morgan fingerprint density at radius 3 is 2.69 bits per heavy atom. The molecule has 0 aromatic heterocycles. The lowest BCUT2D eigenvalue weighted by Gasteiger charge is -2.02. The van der Waals surface area contributed by atoms with Crippen LogP contribution >= 0.6 is 15.9 Å². The maximum absolute atomic E-state index is 13.5. The highest BCUT2D eigenvalue weighted by molar-refractivity contribution is 9.08. The molecule has 0 heterocycles. The van der Waals surface area contributed by atoms with Gasteiger partial charge in [0.1, 0.15) is 5.82 Å². The standard InChI is InChI=1S/C12H12BrFO2/c1-2-9(12(15)16)6-10-4-3-8(7-13)5-11(10)14/h3-6H,2,7H2,1H3,(H,15,16)/b9-6+. The summed E-state index contributed by atoms with van der Waals surface area (Å²) in [5, 5.41) is 9.40. The molecule has 1 aromatic carbocycles. The molecule has 86 valence electrons. The van der Waals surface area contributed by atoms with Gasteiger partial charge in [-0.3, -0.25) is 0 Å². The maximum Gasteiger partial charge on any atom is 0.331 e. The maximum atomic E-state index is 13.5. The Bertz CT molecular complexity index is 427. The van der Waals surface area contributed by atoms with Gasteiger partial charge in [0.2, 0.25) is 0 Å². The van der Waals surface area contributed by atoms with Crippen molar-refractivity contribution in [1.29, 1.82) is 0 Å². The molecule has 0 fully saturated rings. The van der Waals surface area contributed by atoms with Crippen molar-refractivity contribution in [2.75, 3.05) is 0 Å². The first-order valence-electron chi connectivity index (χ1n) is 4.86. The fraction of sp³-hybridized carbons (Fsp3) is 0.250. The van der Waals surface area contributed by atoms with Crippen LogP contribution in [-0.2, 0) is 10.1 Å². The molecule has 16 heavy (non-hydrogen) atoms. The second-order valence-electron chi connectivity index (χ2n) is 3.32. The van der Waals surface area contributed by atoms with Gasteiger partial charge in [-0.05, 0) is 24.1 Å². The lowest BCUT2D eigenvalue weighted by Crippen LogP contribution is -1.99. The van der Waals surface area contributed by atoms with E-state index in [4.69, 9.17) is 5.11 Å². The number of halogens is 2. The second kappa shape index (κ2) is 5.80. The van der Waals surface area contributed by atoms with E-state index in [1.54, 1.807) is 19.1 Å². The largest absolute Gasteiger partial charge is 0.478 e. The third-order valence-corrected chi connectivity index (χ3v) is 2.85. The van der Waals surface area contributed by atoms with Crippen LogP contribution in [0.2, 0.25) is 0 Å². The van der Waals surface area contributed by atoms with Gasteiger partial charge in [-0.15, -0.1) is 0 Å². The highest BCUT2D eigenvalue weighted by Gasteiger charge is 2.07. The molecule has 0 saturated heterocycles. The molecular weight excluding hydrogens is 275 g/mol. The van der Waals surface area contributed by atoms with E-state index in [0.29, 0.717) is 17.3 Å². The molecule has 0 atom stereocenters. The normalized spacial score (nSPS) is 11.6. The van der Waals surface area contributed by atoms with E-state index in [1.165, 1.54) is 12.1 Å². The fourth-order valence-electron chi connectivity index (χ4n) is 1.27. The van der Waals surface area contributed by atoms with E-state index in [0.717, 1.165) is 5.56 Å². The molecule has 1 aromatic rings. The number of alkyl halides is 1. The highest BCUT2D eigenvalue weighted by Crippen LogP contribution is 2.17. The van der Waals surface area contributed by atoms with Gasteiger partial charge in [-0.1, -0.05) is 35.0 Å². The van der Waals surface area contributed by atoms with Crippen LogP contribution in [0.1, 0.15) is 24.5 Å². The molecule has 0 saturated carbocycles. The van der Waals surface area contributed by atoms with E-state index in [2.05, 4.69) is 15.9 Å². The number of carbonyl (C=O) groups is 1. The smallest absolute Gasteiger partial charge is 0.331 e. The monoisotopic (exact) mass is 286 g/mol. The predicted octanol–water partition coefficient (Wildman–Crippen LogP) is 3.60. The Morgan fingerprint density at radius 2 is 2.25 bits per heavy atom. The first-order chi connectivity index (χ1) is 7.58. The molecule has 0 unspecified atom stereocenters. The molecule has 0 amide bonds. The minimum absolute atomic E-state index is 0.200. The number of rotatable bonds is 4. The van der Waals surface area contributed by atoms with Crippen molar-refractivity contribution in [1.82, 2.24) is 0 Å². The summed E-state index contributed by atoms with van der Waals surface area (Å²) < 4.78 is 13.5. The van der Waals surface area contributed by atoms with Crippen molar-refractivity contribution in [3.05, 3.63) is 40.7 Å². The number of carboxylic acid groups (broad SMARTS) is 1. The van der Waals surface area contributed by atoms with Gasteiger partial charge in [-0.2, -0.15) is 0 Å². The highest BCUT2D eigenvalue weighted by atomic mass is 79.9. The molecule has 2 nitrogen and oxygen atoms in total.